The van der Waals surface area contributed by atoms with Crippen LogP contribution in [-0.4, -0.2) is 47.3 Å². The lowest BCUT2D eigenvalue weighted by Crippen LogP contribution is -2.55. The number of aliphatic hydroxyl groups excluding tert-OH is 1. The fraction of sp³-hybridized carbons (Fsp3) is 0.500. The van der Waals surface area contributed by atoms with Crippen LogP contribution < -0.4 is 0 Å². The first kappa shape index (κ1) is 15.2. The number of nitrogens with zero attached hydrogens (tertiary/aromatic N) is 1. The number of ether oxygens (including phenoxy) is 1. The van der Waals surface area contributed by atoms with Crippen LogP contribution in [0.3, 0.4) is 0 Å². The molecule has 6 heteroatoms. The van der Waals surface area contributed by atoms with E-state index in [4.69, 9.17) is 16.3 Å². The van der Waals surface area contributed by atoms with Gasteiger partial charge < -0.3 is 14.7 Å². The van der Waals surface area contributed by atoms with Crippen LogP contribution in [0.1, 0.15) is 24.2 Å². The van der Waals surface area contributed by atoms with Crippen molar-refractivity contribution in [2.24, 2.45) is 0 Å². The molecular formula is C14H17ClFNO3. The van der Waals surface area contributed by atoms with E-state index in [-0.39, 0.29) is 18.7 Å². The Morgan fingerprint density at radius 3 is 2.95 bits per heavy atom. The zero-order valence-electron chi connectivity index (χ0n) is 11.4. The molecule has 1 aliphatic rings. The normalized spacial score (nSPS) is 21.9. The highest BCUT2D eigenvalue weighted by Gasteiger charge is 2.36. The quantitative estimate of drug-likeness (QED) is 0.910. The van der Waals surface area contributed by atoms with Crippen molar-refractivity contribution in [1.82, 2.24) is 4.90 Å². The second-order valence-corrected chi connectivity index (χ2v) is 5.93. The maximum absolute atomic E-state index is 13.8. The minimum absolute atomic E-state index is 0.0631. The van der Waals surface area contributed by atoms with Crippen LogP contribution in [0.25, 0.3) is 0 Å². The van der Waals surface area contributed by atoms with Crippen LogP contribution in [0.4, 0.5) is 4.39 Å². The van der Waals surface area contributed by atoms with E-state index in [1.165, 1.54) is 23.1 Å². The van der Waals surface area contributed by atoms with E-state index in [1.54, 1.807) is 0 Å². The third-order valence-corrected chi connectivity index (χ3v) is 3.37. The number of carbonyl (C=O) groups is 1. The second kappa shape index (κ2) is 5.68. The fourth-order valence-electron chi connectivity index (χ4n) is 2.38. The van der Waals surface area contributed by atoms with Crippen molar-refractivity contribution in [3.63, 3.8) is 0 Å². The number of aliphatic hydroxyl groups is 1. The Balaban J connectivity index is 2.25. The van der Waals surface area contributed by atoms with Crippen LogP contribution in [0.2, 0.25) is 5.02 Å². The summed E-state index contributed by atoms with van der Waals surface area (Å²) in [6.45, 7) is 4.01. The van der Waals surface area contributed by atoms with Crippen LogP contribution in [-0.2, 0) is 4.74 Å². The average molecular weight is 302 g/mol. The molecule has 1 unspecified atom stereocenters. The SMILES string of the molecule is CC1(C)CN(C(=O)c2cc(Cl)ccc2F)CC(CO)O1. The van der Waals surface area contributed by atoms with Gasteiger partial charge in [0.15, 0.2) is 0 Å². The van der Waals surface area contributed by atoms with E-state index in [0.29, 0.717) is 11.6 Å². The summed E-state index contributed by atoms with van der Waals surface area (Å²) in [5.41, 5.74) is -0.650. The Bertz CT molecular complexity index is 521. The number of rotatable bonds is 2. The van der Waals surface area contributed by atoms with Gasteiger partial charge in [0.25, 0.3) is 5.91 Å². The molecular weight excluding hydrogens is 285 g/mol. The zero-order valence-corrected chi connectivity index (χ0v) is 12.2. The summed E-state index contributed by atoms with van der Waals surface area (Å²) in [6, 6.07) is 3.88. The highest BCUT2D eigenvalue weighted by molar-refractivity contribution is 6.31. The smallest absolute Gasteiger partial charge is 0.257 e. The van der Waals surface area contributed by atoms with E-state index in [2.05, 4.69) is 0 Å². The van der Waals surface area contributed by atoms with Crippen LogP contribution >= 0.6 is 11.6 Å². The third kappa shape index (κ3) is 3.29. The maximum atomic E-state index is 13.8. The molecule has 0 bridgehead atoms. The number of carbonyl (C=O) groups excluding carboxylic acids is 1. The highest BCUT2D eigenvalue weighted by atomic mass is 35.5. The summed E-state index contributed by atoms with van der Waals surface area (Å²) in [5.74, 6) is -1.05. The lowest BCUT2D eigenvalue weighted by molar-refractivity contribution is -0.139. The Kier molecular flexibility index (Phi) is 4.32. The number of benzene rings is 1. The molecule has 1 saturated heterocycles. The number of hydrogen-bond acceptors (Lipinski definition) is 3. The van der Waals surface area contributed by atoms with E-state index in [0.717, 1.165) is 0 Å². The van der Waals surface area contributed by atoms with Gasteiger partial charge in [0.1, 0.15) is 5.82 Å². The van der Waals surface area contributed by atoms with Gasteiger partial charge in [-0.05, 0) is 32.0 Å². The number of hydrogen-bond donors (Lipinski definition) is 1. The van der Waals surface area contributed by atoms with Crippen molar-refractivity contribution in [2.75, 3.05) is 19.7 Å². The molecule has 0 saturated carbocycles. The molecule has 1 aliphatic heterocycles. The van der Waals surface area contributed by atoms with Crippen molar-refractivity contribution < 1.29 is 19.0 Å². The average Bonchev–Trinajstić information content (AvgIpc) is 2.38. The molecule has 1 fully saturated rings. The van der Waals surface area contributed by atoms with Gasteiger partial charge >= 0.3 is 0 Å². The van der Waals surface area contributed by atoms with Gasteiger partial charge in [-0.1, -0.05) is 11.6 Å². The standard InChI is InChI=1S/C14H17ClFNO3/c1-14(2)8-17(6-10(7-18)20-14)13(19)11-5-9(15)3-4-12(11)16/h3-5,10,18H,6-8H2,1-2H3. The van der Waals surface area contributed by atoms with Crippen molar-refractivity contribution in [3.8, 4) is 0 Å². The van der Waals surface area contributed by atoms with Gasteiger partial charge in [-0.25, -0.2) is 4.39 Å². The van der Waals surface area contributed by atoms with E-state index in [9.17, 15) is 14.3 Å². The molecule has 1 aromatic rings. The van der Waals surface area contributed by atoms with Gasteiger partial charge in [-0.15, -0.1) is 0 Å². The maximum Gasteiger partial charge on any atom is 0.257 e. The molecule has 2 rings (SSSR count). The molecule has 0 spiro atoms. The van der Waals surface area contributed by atoms with Crippen LogP contribution in [0, 0.1) is 5.82 Å². The van der Waals surface area contributed by atoms with Crippen LogP contribution in [0.15, 0.2) is 18.2 Å². The summed E-state index contributed by atoms with van der Waals surface area (Å²) in [6.07, 6.45) is -0.468. The largest absolute Gasteiger partial charge is 0.394 e. The first-order valence-electron chi connectivity index (χ1n) is 6.35. The molecule has 0 radical (unpaired) electrons. The second-order valence-electron chi connectivity index (χ2n) is 5.49. The third-order valence-electron chi connectivity index (χ3n) is 3.13. The minimum atomic E-state index is -0.607. The molecule has 1 aromatic carbocycles. The lowest BCUT2D eigenvalue weighted by Gasteiger charge is -2.42. The first-order chi connectivity index (χ1) is 9.32. The van der Waals surface area contributed by atoms with E-state index >= 15 is 0 Å². The molecule has 1 amide bonds. The molecule has 1 heterocycles. The van der Waals surface area contributed by atoms with Gasteiger partial charge in [-0.2, -0.15) is 0 Å². The van der Waals surface area contributed by atoms with Gasteiger partial charge in [0.05, 0.1) is 23.9 Å². The van der Waals surface area contributed by atoms with Gasteiger partial charge in [-0.3, -0.25) is 4.79 Å². The summed E-state index contributed by atoms with van der Waals surface area (Å²) in [7, 11) is 0. The molecule has 110 valence electrons. The summed E-state index contributed by atoms with van der Waals surface area (Å²) >= 11 is 5.81. The topological polar surface area (TPSA) is 49.8 Å². The zero-order chi connectivity index (χ0) is 14.9. The van der Waals surface area contributed by atoms with Gasteiger partial charge in [0, 0.05) is 18.1 Å². The Morgan fingerprint density at radius 1 is 1.60 bits per heavy atom. The van der Waals surface area contributed by atoms with Crippen LogP contribution in [0.5, 0.6) is 0 Å². The molecule has 1 N–H and O–H groups in total. The summed E-state index contributed by atoms with van der Waals surface area (Å²) in [4.78, 5) is 13.9. The van der Waals surface area contributed by atoms with Crippen molar-refractivity contribution in [1.29, 1.82) is 0 Å². The predicted octanol–water partition coefficient (Wildman–Crippen LogP) is 2.09. The number of morpholine rings is 1. The summed E-state index contributed by atoms with van der Waals surface area (Å²) in [5, 5.41) is 9.54. The van der Waals surface area contributed by atoms with Crippen molar-refractivity contribution in [2.45, 2.75) is 25.6 Å². The molecule has 1 atom stereocenters. The minimum Gasteiger partial charge on any atom is -0.394 e. The number of halogens is 2. The van der Waals surface area contributed by atoms with Crippen molar-refractivity contribution >= 4 is 17.5 Å². The Morgan fingerprint density at radius 2 is 2.30 bits per heavy atom. The Hall–Kier alpha value is -1.17. The molecule has 0 aromatic heterocycles. The van der Waals surface area contributed by atoms with Gasteiger partial charge in [0.2, 0.25) is 0 Å². The van der Waals surface area contributed by atoms with E-state index in [1.807, 2.05) is 13.8 Å². The lowest BCUT2D eigenvalue weighted by atomic mass is 10.0. The molecule has 20 heavy (non-hydrogen) atoms. The van der Waals surface area contributed by atoms with E-state index < -0.39 is 23.4 Å². The van der Waals surface area contributed by atoms with Crippen molar-refractivity contribution in [3.05, 3.63) is 34.6 Å². The molecule has 0 aliphatic carbocycles. The monoisotopic (exact) mass is 301 g/mol. The Labute approximate surface area is 122 Å². The predicted molar refractivity (Wildman–Crippen MR) is 73.4 cm³/mol. The first-order valence-corrected chi connectivity index (χ1v) is 6.73. The summed E-state index contributed by atoms with van der Waals surface area (Å²) < 4.78 is 19.4. The molecule has 4 nitrogen and oxygen atoms in total. The highest BCUT2D eigenvalue weighted by Crippen LogP contribution is 2.24. The fourth-order valence-corrected chi connectivity index (χ4v) is 2.55. The number of amides is 1.